The van der Waals surface area contributed by atoms with Gasteiger partial charge in [-0.1, -0.05) is 35.5 Å². The highest BCUT2D eigenvalue weighted by Gasteiger charge is 2.16. The molecule has 0 bridgehead atoms. The minimum Gasteiger partial charge on any atom is -0.496 e. The summed E-state index contributed by atoms with van der Waals surface area (Å²) in [7, 11) is 1.60. The highest BCUT2D eigenvalue weighted by molar-refractivity contribution is 6.03. The molecule has 2 aromatic carbocycles. The lowest BCUT2D eigenvalue weighted by Crippen LogP contribution is -2.04. The van der Waals surface area contributed by atoms with Gasteiger partial charge in [0.05, 0.1) is 12.7 Å². The number of ether oxygens (including phenoxy) is 2. The summed E-state index contributed by atoms with van der Waals surface area (Å²) in [6.45, 7) is 0.000485. The van der Waals surface area contributed by atoms with Crippen LogP contribution in [0.25, 0.3) is 22.2 Å². The first-order chi connectivity index (χ1) is 12.8. The number of fused-ring (bicyclic) bond motifs is 1. The second-order valence-corrected chi connectivity index (χ2v) is 5.70. The third-order valence-corrected chi connectivity index (χ3v) is 4.10. The van der Waals surface area contributed by atoms with E-state index in [4.69, 9.17) is 14.0 Å². The lowest BCUT2D eigenvalue weighted by molar-refractivity contribution is 0.0440. The molecule has 0 radical (unpaired) electrons. The first-order valence-electron chi connectivity index (χ1n) is 8.08. The number of hydrogen-bond acceptors (Lipinski definition) is 5. The molecule has 6 heteroatoms. The molecular formula is C20H16N2O4. The zero-order valence-corrected chi connectivity index (χ0v) is 14.1. The smallest absolute Gasteiger partial charge is 0.340 e. The molecule has 0 saturated heterocycles. The van der Waals surface area contributed by atoms with Gasteiger partial charge in [-0.05, 0) is 18.2 Å². The number of H-pyrrole nitrogens is 1. The van der Waals surface area contributed by atoms with Gasteiger partial charge in [-0.3, -0.25) is 0 Å². The molecular weight excluding hydrogens is 332 g/mol. The van der Waals surface area contributed by atoms with Crippen LogP contribution in [-0.4, -0.2) is 23.2 Å². The molecule has 0 fully saturated rings. The molecule has 0 amide bonds. The molecule has 0 unspecified atom stereocenters. The van der Waals surface area contributed by atoms with E-state index >= 15 is 0 Å². The lowest BCUT2D eigenvalue weighted by atomic mass is 10.1. The number of methoxy groups -OCH3 is 1. The van der Waals surface area contributed by atoms with Crippen LogP contribution in [0.4, 0.5) is 0 Å². The Bertz CT molecular complexity index is 1060. The van der Waals surface area contributed by atoms with Crippen LogP contribution >= 0.6 is 0 Å². The molecule has 6 nitrogen and oxygen atoms in total. The summed E-state index contributed by atoms with van der Waals surface area (Å²) < 4.78 is 16.0. The van der Waals surface area contributed by atoms with Crippen LogP contribution in [0.3, 0.4) is 0 Å². The Hall–Kier alpha value is -3.54. The largest absolute Gasteiger partial charge is 0.496 e. The summed E-state index contributed by atoms with van der Waals surface area (Å²) in [6, 6.07) is 16.8. The van der Waals surface area contributed by atoms with Gasteiger partial charge >= 0.3 is 5.97 Å². The molecule has 0 spiro atoms. The van der Waals surface area contributed by atoms with Gasteiger partial charge in [0.15, 0.2) is 12.4 Å². The first kappa shape index (κ1) is 16.0. The molecule has 4 rings (SSSR count). The van der Waals surface area contributed by atoms with Crippen molar-refractivity contribution >= 4 is 16.9 Å². The van der Waals surface area contributed by atoms with Crippen molar-refractivity contribution in [1.82, 2.24) is 10.1 Å². The summed E-state index contributed by atoms with van der Waals surface area (Å²) in [5.41, 5.74) is 2.82. The number of aromatic amines is 1. The van der Waals surface area contributed by atoms with Crippen molar-refractivity contribution in [3.8, 4) is 17.0 Å². The van der Waals surface area contributed by atoms with Gasteiger partial charge < -0.3 is 19.0 Å². The van der Waals surface area contributed by atoms with Crippen LogP contribution in [0.2, 0.25) is 0 Å². The van der Waals surface area contributed by atoms with Crippen LogP contribution < -0.4 is 4.74 Å². The Balaban J connectivity index is 1.49. The van der Waals surface area contributed by atoms with Crippen LogP contribution in [0.5, 0.6) is 5.75 Å². The molecule has 0 aliphatic carbocycles. The van der Waals surface area contributed by atoms with Crippen molar-refractivity contribution in [2.75, 3.05) is 7.11 Å². The number of nitrogens with one attached hydrogen (secondary N) is 1. The number of carbonyl (C=O) groups is 1. The number of aromatic nitrogens is 2. The van der Waals surface area contributed by atoms with Crippen molar-refractivity contribution in [2.24, 2.45) is 0 Å². The maximum absolute atomic E-state index is 12.3. The quantitative estimate of drug-likeness (QED) is 0.547. The maximum atomic E-state index is 12.3. The number of para-hydroxylation sites is 2. The molecule has 130 valence electrons. The summed E-state index contributed by atoms with van der Waals surface area (Å²) in [5.74, 6) is 0.736. The van der Waals surface area contributed by atoms with E-state index in [2.05, 4.69) is 10.1 Å². The van der Waals surface area contributed by atoms with Gasteiger partial charge in [-0.25, -0.2) is 4.79 Å². The molecule has 2 heterocycles. The average molecular weight is 348 g/mol. The van der Waals surface area contributed by atoms with Gasteiger partial charge in [0.1, 0.15) is 11.4 Å². The summed E-state index contributed by atoms with van der Waals surface area (Å²) in [5, 5.41) is 4.86. The Kier molecular flexibility index (Phi) is 4.15. The molecule has 0 aliphatic rings. The highest BCUT2D eigenvalue weighted by Crippen LogP contribution is 2.29. The fourth-order valence-corrected chi connectivity index (χ4v) is 2.82. The highest BCUT2D eigenvalue weighted by atomic mass is 16.5. The van der Waals surface area contributed by atoms with Gasteiger partial charge in [0, 0.05) is 28.7 Å². The number of rotatable bonds is 5. The first-order valence-corrected chi connectivity index (χ1v) is 8.08. The minimum absolute atomic E-state index is 0.000485. The molecule has 0 saturated carbocycles. The lowest BCUT2D eigenvalue weighted by Gasteiger charge is -2.03. The molecule has 26 heavy (non-hydrogen) atoms. The Morgan fingerprint density at radius 1 is 1.15 bits per heavy atom. The molecule has 1 N–H and O–H groups in total. The van der Waals surface area contributed by atoms with Crippen molar-refractivity contribution in [1.29, 1.82) is 0 Å². The van der Waals surface area contributed by atoms with Crippen LogP contribution in [0.1, 0.15) is 16.1 Å². The SMILES string of the molecule is COc1ccccc1-c1cc(COC(=O)c2c[nH]c3ccccc23)on1. The zero-order chi connectivity index (χ0) is 17.9. The van der Waals surface area contributed by atoms with E-state index in [0.717, 1.165) is 16.5 Å². The van der Waals surface area contributed by atoms with Crippen LogP contribution in [0, 0.1) is 0 Å². The third kappa shape index (κ3) is 2.93. The number of nitrogens with zero attached hydrogens (tertiary/aromatic N) is 1. The fraction of sp³-hybridized carbons (Fsp3) is 0.100. The number of carbonyl (C=O) groups excluding carboxylic acids is 1. The summed E-state index contributed by atoms with van der Waals surface area (Å²) in [6.07, 6.45) is 1.65. The predicted molar refractivity (Wildman–Crippen MR) is 95.9 cm³/mol. The maximum Gasteiger partial charge on any atom is 0.340 e. The van der Waals surface area contributed by atoms with E-state index in [9.17, 15) is 4.79 Å². The normalized spacial score (nSPS) is 10.8. The van der Waals surface area contributed by atoms with E-state index in [0.29, 0.717) is 22.8 Å². The average Bonchev–Trinajstić information content (AvgIpc) is 3.33. The minimum atomic E-state index is -0.419. The monoisotopic (exact) mass is 348 g/mol. The van der Waals surface area contributed by atoms with E-state index in [1.54, 1.807) is 19.4 Å². The Morgan fingerprint density at radius 3 is 2.85 bits per heavy atom. The number of benzene rings is 2. The standard InChI is InChI=1S/C20H16N2O4/c1-24-19-9-5-3-7-15(19)18-10-13(26-22-18)12-25-20(23)16-11-21-17-8-4-2-6-14(16)17/h2-11,21H,12H2,1H3. The van der Waals surface area contributed by atoms with Gasteiger partial charge in [0.2, 0.25) is 0 Å². The molecule has 0 aliphatic heterocycles. The van der Waals surface area contributed by atoms with Gasteiger partial charge in [-0.2, -0.15) is 0 Å². The number of hydrogen-bond donors (Lipinski definition) is 1. The summed E-state index contributed by atoms with van der Waals surface area (Å²) in [4.78, 5) is 15.4. The van der Waals surface area contributed by atoms with Crippen molar-refractivity contribution < 1.29 is 18.8 Å². The topological polar surface area (TPSA) is 77.4 Å². The third-order valence-electron chi connectivity index (χ3n) is 4.10. The van der Waals surface area contributed by atoms with Crippen molar-refractivity contribution in [3.05, 3.63) is 72.1 Å². The molecule has 2 aromatic heterocycles. The number of esters is 1. The second-order valence-electron chi connectivity index (χ2n) is 5.70. The van der Waals surface area contributed by atoms with E-state index in [-0.39, 0.29) is 6.61 Å². The van der Waals surface area contributed by atoms with Crippen molar-refractivity contribution in [3.63, 3.8) is 0 Å². The Morgan fingerprint density at radius 2 is 1.96 bits per heavy atom. The van der Waals surface area contributed by atoms with E-state index in [1.807, 2.05) is 48.5 Å². The van der Waals surface area contributed by atoms with E-state index < -0.39 is 5.97 Å². The van der Waals surface area contributed by atoms with Crippen LogP contribution in [-0.2, 0) is 11.3 Å². The predicted octanol–water partition coefficient (Wildman–Crippen LogP) is 4.19. The van der Waals surface area contributed by atoms with E-state index in [1.165, 1.54) is 0 Å². The van der Waals surface area contributed by atoms with Gasteiger partial charge in [0.25, 0.3) is 0 Å². The fourth-order valence-electron chi connectivity index (χ4n) is 2.82. The molecule has 0 atom stereocenters. The van der Waals surface area contributed by atoms with Crippen molar-refractivity contribution in [2.45, 2.75) is 6.61 Å². The Labute approximate surface area is 149 Å². The molecule has 4 aromatic rings. The summed E-state index contributed by atoms with van der Waals surface area (Å²) >= 11 is 0. The zero-order valence-electron chi connectivity index (χ0n) is 14.1. The second kappa shape index (κ2) is 6.76. The van der Waals surface area contributed by atoms with Gasteiger partial charge in [-0.15, -0.1) is 0 Å². The van der Waals surface area contributed by atoms with Crippen LogP contribution in [0.15, 0.2) is 65.3 Å².